The maximum atomic E-state index is 13.9. The van der Waals surface area contributed by atoms with Crippen LogP contribution in [0.25, 0.3) is 0 Å². The molecule has 1 aromatic carbocycles. The number of imidazole rings is 1. The molecule has 8 amide bonds. The normalized spacial score (nSPS) is 13.8. The number of H-pyrrole nitrogens is 1. The number of carboxylic acid groups (broad SMARTS) is 3. The number of hydrogen-bond donors (Lipinski definition) is 17. The first-order valence-corrected chi connectivity index (χ1v) is 21.1. The summed E-state index contributed by atoms with van der Waals surface area (Å²) in [7, 11) is 0. The van der Waals surface area contributed by atoms with Gasteiger partial charge in [-0.3, -0.25) is 53.4 Å². The van der Waals surface area contributed by atoms with Crippen molar-refractivity contribution in [3.05, 3.63) is 54.1 Å². The van der Waals surface area contributed by atoms with Crippen molar-refractivity contribution in [2.24, 2.45) is 17.2 Å². The van der Waals surface area contributed by atoms with Gasteiger partial charge in [-0.15, -0.1) is 0 Å². The van der Waals surface area contributed by atoms with E-state index in [9.17, 15) is 63.0 Å². The highest BCUT2D eigenvalue weighted by Gasteiger charge is 2.33. The van der Waals surface area contributed by atoms with E-state index in [0.29, 0.717) is 17.7 Å². The molecule has 2 rings (SSSR count). The molecule has 0 aliphatic heterocycles. The zero-order valence-corrected chi connectivity index (χ0v) is 37.0. The summed E-state index contributed by atoms with van der Waals surface area (Å²) in [5.41, 5.74) is 17.5. The second-order valence-electron chi connectivity index (χ2n) is 15.2. The maximum absolute atomic E-state index is 13.9. The molecule has 0 saturated heterocycles. The van der Waals surface area contributed by atoms with Crippen molar-refractivity contribution in [2.75, 3.05) is 19.7 Å². The number of hydrogen-bond acceptors (Lipinski definition) is 15. The number of aromatic nitrogens is 2. The number of aliphatic hydroxyl groups is 1. The third-order valence-electron chi connectivity index (χ3n) is 9.70. The molecule has 0 spiro atoms. The average Bonchev–Trinajstić information content (AvgIpc) is 3.81. The van der Waals surface area contributed by atoms with E-state index >= 15 is 0 Å². The second kappa shape index (κ2) is 29.4. The highest BCUT2D eigenvalue weighted by molar-refractivity contribution is 5.97. The first kappa shape index (κ1) is 56.9. The van der Waals surface area contributed by atoms with Gasteiger partial charge < -0.3 is 85.1 Å². The fraction of sp³-hybridized carbons (Fsp3) is 0.475. The number of guanidine groups is 1. The van der Waals surface area contributed by atoms with Gasteiger partial charge in [-0.05, 0) is 31.2 Å². The predicted molar refractivity (Wildman–Crippen MR) is 236 cm³/mol. The van der Waals surface area contributed by atoms with Gasteiger partial charge in [-0.2, -0.15) is 0 Å². The Morgan fingerprint density at radius 1 is 0.638 bits per heavy atom. The summed E-state index contributed by atoms with van der Waals surface area (Å²) in [5.74, 6) is -13.3. The van der Waals surface area contributed by atoms with Crippen LogP contribution in [0.2, 0.25) is 0 Å². The van der Waals surface area contributed by atoms with Gasteiger partial charge in [0.05, 0.1) is 37.6 Å². The van der Waals surface area contributed by atoms with Crippen LogP contribution in [0.1, 0.15) is 56.2 Å². The molecule has 0 aliphatic carbocycles. The van der Waals surface area contributed by atoms with Crippen LogP contribution in [0.5, 0.6) is 0 Å². The highest BCUT2D eigenvalue weighted by Crippen LogP contribution is 2.08. The molecule has 2 aromatic rings. The van der Waals surface area contributed by atoms with E-state index in [4.69, 9.17) is 32.8 Å². The quantitative estimate of drug-likeness (QED) is 0.0184. The monoisotopic (exact) mass is 974 g/mol. The number of carbonyl (C=O) groups excluding carboxylic acids is 8. The number of carboxylic acids is 3. The Kier molecular flexibility index (Phi) is 24.3. The molecule has 29 heteroatoms. The molecule has 0 unspecified atom stereocenters. The fourth-order valence-electron chi connectivity index (χ4n) is 6.12. The summed E-state index contributed by atoms with van der Waals surface area (Å²) in [6.45, 7) is -1.79. The minimum absolute atomic E-state index is 0.139. The number of nitrogens with zero attached hydrogens (tertiary/aromatic N) is 1. The molecule has 0 bridgehead atoms. The van der Waals surface area contributed by atoms with Gasteiger partial charge in [0, 0.05) is 38.4 Å². The predicted octanol–water partition coefficient (Wildman–Crippen LogP) is -6.51. The molecular weight excluding hydrogens is 917 g/mol. The van der Waals surface area contributed by atoms with Crippen molar-refractivity contribution in [2.45, 2.75) is 100 Å². The largest absolute Gasteiger partial charge is 0.481 e. The Morgan fingerprint density at radius 3 is 1.75 bits per heavy atom. The summed E-state index contributed by atoms with van der Waals surface area (Å²) in [5, 5.41) is 63.3. The molecule has 7 atom stereocenters. The number of amides is 8. The van der Waals surface area contributed by atoms with Crippen LogP contribution in [0.3, 0.4) is 0 Å². The average molecular weight is 975 g/mol. The van der Waals surface area contributed by atoms with Crippen LogP contribution in [-0.2, 0) is 65.6 Å². The van der Waals surface area contributed by atoms with Gasteiger partial charge >= 0.3 is 17.9 Å². The van der Waals surface area contributed by atoms with Crippen molar-refractivity contribution in [1.29, 1.82) is 5.41 Å². The zero-order chi connectivity index (χ0) is 51.6. The van der Waals surface area contributed by atoms with Crippen molar-refractivity contribution >= 4 is 71.1 Å². The lowest BCUT2D eigenvalue weighted by molar-refractivity contribution is -0.147. The van der Waals surface area contributed by atoms with E-state index in [-0.39, 0.29) is 31.8 Å². The Hall–Kier alpha value is -8.21. The maximum Gasteiger partial charge on any atom is 0.326 e. The van der Waals surface area contributed by atoms with Crippen molar-refractivity contribution in [1.82, 2.24) is 52.5 Å². The third-order valence-corrected chi connectivity index (χ3v) is 9.70. The van der Waals surface area contributed by atoms with E-state index in [1.807, 2.05) is 5.32 Å². The molecule has 1 aromatic heterocycles. The van der Waals surface area contributed by atoms with E-state index in [1.165, 1.54) is 12.5 Å². The number of aliphatic carboxylic acids is 3. The Balaban J connectivity index is 2.26. The smallest absolute Gasteiger partial charge is 0.326 e. The summed E-state index contributed by atoms with van der Waals surface area (Å²) in [6.07, 6.45) is -0.426. The molecule has 69 heavy (non-hydrogen) atoms. The van der Waals surface area contributed by atoms with Gasteiger partial charge in [-0.25, -0.2) is 9.78 Å². The minimum atomic E-state index is -1.95. The van der Waals surface area contributed by atoms with E-state index in [0.717, 1.165) is 0 Å². The SMILES string of the molecule is N=C(N)NCCC[C@H](N)C(=O)N[C@@H](Cc1c[nH]cn1)C(=O)N[C@@H](Cc1ccccc1)C(=O)N[C@@H](CO)C(=O)N[C@@H](CCC(N)=O)C(=O)NCC(=O)N[C@@H](CCC(=O)O)C(=O)N[C@@H](CC(=O)O)C(=O)O. The lowest BCUT2D eigenvalue weighted by atomic mass is 10.0. The number of nitrogens with two attached hydrogens (primary N) is 3. The van der Waals surface area contributed by atoms with Gasteiger partial charge in [0.15, 0.2) is 5.96 Å². The standard InChI is InChI=1S/C40H58N14O15/c41-22(7-4-12-46-40(43)44)33(62)51-26(14-21-16-45-19-48-21)37(66)52-25(13-20-5-2-1-3-6-20)36(65)54-28(18-55)38(67)50-23(8-10-29(42)56)34(63)47-17-30(57)49-24(9-11-31(58)59)35(64)53-27(39(68)69)15-32(60)61/h1-3,5-6,16,19,22-28,55H,4,7-15,17-18,41H2,(H2,42,56)(H,45,48)(H,47,63)(H,49,57)(H,50,67)(H,51,62)(H,52,66)(H,53,64)(H,54,65)(H,58,59)(H,60,61)(H,68,69)(H4,43,44,46)/t22-,23-,24-,25-,26-,27-,28-/m0/s1. The molecule has 378 valence electrons. The van der Waals surface area contributed by atoms with Gasteiger partial charge in [0.2, 0.25) is 47.3 Å². The number of aromatic amines is 1. The van der Waals surface area contributed by atoms with E-state index in [1.54, 1.807) is 30.3 Å². The molecule has 0 aliphatic rings. The van der Waals surface area contributed by atoms with Crippen LogP contribution in [0, 0.1) is 5.41 Å². The van der Waals surface area contributed by atoms with Crippen molar-refractivity contribution in [3.63, 3.8) is 0 Å². The first-order valence-electron chi connectivity index (χ1n) is 21.1. The molecule has 1 heterocycles. The molecule has 0 radical (unpaired) electrons. The molecule has 0 fully saturated rings. The highest BCUT2D eigenvalue weighted by atomic mass is 16.4. The van der Waals surface area contributed by atoms with Crippen molar-refractivity contribution < 1.29 is 73.2 Å². The topological polar surface area (TPSA) is 496 Å². The molecule has 20 N–H and O–H groups in total. The summed E-state index contributed by atoms with van der Waals surface area (Å²) in [6, 6.07) is -2.83. The Labute approximate surface area is 392 Å². The summed E-state index contributed by atoms with van der Waals surface area (Å²) in [4.78, 5) is 146. The van der Waals surface area contributed by atoms with Crippen LogP contribution in [0.4, 0.5) is 0 Å². The lowest BCUT2D eigenvalue weighted by Crippen LogP contribution is -2.60. The van der Waals surface area contributed by atoms with Crippen LogP contribution in [-0.4, -0.2) is 164 Å². The van der Waals surface area contributed by atoms with Crippen LogP contribution in [0.15, 0.2) is 42.9 Å². The van der Waals surface area contributed by atoms with E-state index in [2.05, 4.69) is 47.2 Å². The summed E-state index contributed by atoms with van der Waals surface area (Å²) >= 11 is 0. The molecule has 0 saturated carbocycles. The first-order chi connectivity index (χ1) is 32.6. The van der Waals surface area contributed by atoms with Crippen LogP contribution >= 0.6 is 0 Å². The van der Waals surface area contributed by atoms with E-state index < -0.39 is 153 Å². The number of aliphatic hydroxyl groups excluding tert-OH is 1. The third kappa shape index (κ3) is 22.2. The van der Waals surface area contributed by atoms with Gasteiger partial charge in [0.25, 0.3) is 0 Å². The number of benzene rings is 1. The number of rotatable bonds is 32. The summed E-state index contributed by atoms with van der Waals surface area (Å²) < 4.78 is 0. The fourth-order valence-corrected chi connectivity index (χ4v) is 6.12. The second-order valence-corrected chi connectivity index (χ2v) is 15.2. The van der Waals surface area contributed by atoms with Crippen LogP contribution < -0.4 is 59.7 Å². The minimum Gasteiger partial charge on any atom is -0.481 e. The van der Waals surface area contributed by atoms with Crippen molar-refractivity contribution in [3.8, 4) is 0 Å². The lowest BCUT2D eigenvalue weighted by Gasteiger charge is -2.26. The van der Waals surface area contributed by atoms with Gasteiger partial charge in [0.1, 0.15) is 36.3 Å². The Morgan fingerprint density at radius 2 is 1.19 bits per heavy atom. The van der Waals surface area contributed by atoms with Gasteiger partial charge in [-0.1, -0.05) is 30.3 Å². The zero-order valence-electron chi connectivity index (χ0n) is 37.0. The molecule has 29 nitrogen and oxygen atoms in total. The number of nitrogens with one attached hydrogen (secondary N) is 10. The number of primary amides is 1. The molecular formula is C40H58N14O15. The Bertz CT molecular complexity index is 2130. The number of carbonyl (C=O) groups is 11.